The van der Waals surface area contributed by atoms with Crippen molar-refractivity contribution in [2.24, 2.45) is 5.73 Å². The Bertz CT molecular complexity index is 1270. The highest BCUT2D eigenvalue weighted by Crippen LogP contribution is 2.32. The number of aromatic nitrogens is 4. The number of nitrogens with zero attached hydrogens (tertiary/aromatic N) is 5. The highest BCUT2D eigenvalue weighted by atomic mass is 19.4. The molecule has 0 bridgehead atoms. The lowest BCUT2D eigenvalue weighted by atomic mass is 9.96. The standard InChI is InChI=1S/C22H26N6O.C2HF3O2/c1-13-11-14(2)25-22(24-13)28-16(4)18(15(3)26-28)12-21(29)27-10-9-19(23)17-7-5-6-8-20(17)27;3-2(4,5)1(6)7/h5-8,11,19H,9-10,12,23H2,1-4H3;(H,6,7). The number of benzene rings is 1. The van der Waals surface area contributed by atoms with E-state index in [1.807, 2.05) is 62.9 Å². The molecule has 0 spiro atoms. The zero-order valence-corrected chi connectivity index (χ0v) is 20.3. The quantitative estimate of drug-likeness (QED) is 0.559. The number of carboxylic acids is 1. The summed E-state index contributed by atoms with van der Waals surface area (Å²) in [6, 6.07) is 9.79. The summed E-state index contributed by atoms with van der Waals surface area (Å²) >= 11 is 0. The van der Waals surface area contributed by atoms with E-state index in [-0.39, 0.29) is 18.4 Å². The molecule has 1 aliphatic rings. The molecule has 4 rings (SSSR count). The van der Waals surface area contributed by atoms with Gasteiger partial charge in [-0.15, -0.1) is 0 Å². The van der Waals surface area contributed by atoms with E-state index in [0.29, 0.717) is 12.5 Å². The van der Waals surface area contributed by atoms with Crippen molar-refractivity contribution >= 4 is 17.6 Å². The monoisotopic (exact) mass is 504 g/mol. The molecule has 3 heterocycles. The van der Waals surface area contributed by atoms with E-state index in [0.717, 1.165) is 46.0 Å². The number of para-hydroxylation sites is 1. The number of rotatable bonds is 3. The molecule has 3 aromatic rings. The van der Waals surface area contributed by atoms with Crippen molar-refractivity contribution < 1.29 is 27.9 Å². The van der Waals surface area contributed by atoms with Crippen LogP contribution in [0.25, 0.3) is 5.95 Å². The molecule has 1 unspecified atom stereocenters. The van der Waals surface area contributed by atoms with Crippen molar-refractivity contribution in [1.82, 2.24) is 19.7 Å². The van der Waals surface area contributed by atoms with Gasteiger partial charge < -0.3 is 15.7 Å². The Morgan fingerprint density at radius 3 is 2.28 bits per heavy atom. The Labute approximate surface area is 205 Å². The number of fused-ring (bicyclic) bond motifs is 1. The average Bonchev–Trinajstić information content (AvgIpc) is 3.07. The second kappa shape index (κ2) is 10.4. The van der Waals surface area contributed by atoms with Crippen molar-refractivity contribution in [2.45, 2.75) is 52.8 Å². The van der Waals surface area contributed by atoms with Crippen LogP contribution in [0.4, 0.5) is 18.9 Å². The van der Waals surface area contributed by atoms with E-state index in [1.165, 1.54) is 0 Å². The number of hydrogen-bond acceptors (Lipinski definition) is 6. The summed E-state index contributed by atoms with van der Waals surface area (Å²) in [5, 5.41) is 11.7. The maximum Gasteiger partial charge on any atom is 0.490 e. The van der Waals surface area contributed by atoms with Crippen LogP contribution in [-0.2, 0) is 16.0 Å². The molecule has 12 heteroatoms. The Morgan fingerprint density at radius 1 is 1.11 bits per heavy atom. The molecule has 0 aliphatic carbocycles. The van der Waals surface area contributed by atoms with E-state index in [9.17, 15) is 18.0 Å². The molecule has 0 fully saturated rings. The molecule has 1 aromatic carbocycles. The predicted octanol–water partition coefficient (Wildman–Crippen LogP) is 3.51. The lowest BCUT2D eigenvalue weighted by Crippen LogP contribution is -2.39. The topological polar surface area (TPSA) is 127 Å². The van der Waals surface area contributed by atoms with E-state index in [2.05, 4.69) is 15.1 Å². The van der Waals surface area contributed by atoms with Crippen molar-refractivity contribution in [3.8, 4) is 5.95 Å². The third-order valence-electron chi connectivity index (χ3n) is 5.76. The van der Waals surface area contributed by atoms with Crippen LogP contribution in [0.1, 0.15) is 46.4 Å². The second-order valence-corrected chi connectivity index (χ2v) is 8.49. The lowest BCUT2D eigenvalue weighted by molar-refractivity contribution is -0.192. The molecule has 1 atom stereocenters. The molecule has 3 N–H and O–H groups in total. The van der Waals surface area contributed by atoms with Gasteiger partial charge in [0.25, 0.3) is 5.95 Å². The lowest BCUT2D eigenvalue weighted by Gasteiger charge is -2.32. The first-order chi connectivity index (χ1) is 16.8. The van der Waals surface area contributed by atoms with Crippen LogP contribution in [-0.4, -0.2) is 49.5 Å². The summed E-state index contributed by atoms with van der Waals surface area (Å²) in [5.41, 5.74) is 12.6. The number of aryl methyl sites for hydroxylation is 3. The maximum absolute atomic E-state index is 13.2. The third-order valence-corrected chi connectivity index (χ3v) is 5.76. The Kier molecular flexibility index (Phi) is 7.77. The molecular formula is C24H27F3N6O3. The molecule has 1 aliphatic heterocycles. The van der Waals surface area contributed by atoms with Crippen LogP contribution in [0.2, 0.25) is 0 Å². The first-order valence-corrected chi connectivity index (χ1v) is 11.1. The number of alkyl halides is 3. The smallest absolute Gasteiger partial charge is 0.475 e. The van der Waals surface area contributed by atoms with Crippen LogP contribution in [0.5, 0.6) is 0 Å². The molecule has 0 saturated heterocycles. The predicted molar refractivity (Wildman–Crippen MR) is 126 cm³/mol. The maximum atomic E-state index is 13.2. The Balaban J connectivity index is 0.000000454. The first-order valence-electron chi connectivity index (χ1n) is 11.1. The van der Waals surface area contributed by atoms with Gasteiger partial charge in [0.05, 0.1) is 12.1 Å². The number of anilines is 1. The Hall–Kier alpha value is -3.80. The highest BCUT2D eigenvalue weighted by molar-refractivity contribution is 5.96. The summed E-state index contributed by atoms with van der Waals surface area (Å²) in [6.07, 6.45) is -4.04. The molecule has 0 radical (unpaired) electrons. The zero-order valence-electron chi connectivity index (χ0n) is 20.3. The van der Waals surface area contributed by atoms with Gasteiger partial charge >= 0.3 is 12.1 Å². The fraction of sp³-hybridized carbons (Fsp3) is 0.375. The van der Waals surface area contributed by atoms with E-state index in [4.69, 9.17) is 15.6 Å². The fourth-order valence-corrected chi connectivity index (χ4v) is 4.02. The summed E-state index contributed by atoms with van der Waals surface area (Å²) in [7, 11) is 0. The van der Waals surface area contributed by atoms with Crippen LogP contribution in [0.15, 0.2) is 30.3 Å². The van der Waals surface area contributed by atoms with Crippen LogP contribution < -0.4 is 10.6 Å². The minimum atomic E-state index is -5.08. The van der Waals surface area contributed by atoms with Crippen LogP contribution >= 0.6 is 0 Å². The van der Waals surface area contributed by atoms with Gasteiger partial charge in [-0.2, -0.15) is 18.3 Å². The molecule has 1 amide bonds. The molecule has 2 aromatic heterocycles. The summed E-state index contributed by atoms with van der Waals surface area (Å²) < 4.78 is 33.5. The number of hydrogen-bond donors (Lipinski definition) is 2. The van der Waals surface area contributed by atoms with E-state index >= 15 is 0 Å². The molecule has 0 saturated carbocycles. The number of nitrogens with two attached hydrogens (primary N) is 1. The van der Waals surface area contributed by atoms with Gasteiger partial charge in [0, 0.05) is 40.9 Å². The summed E-state index contributed by atoms with van der Waals surface area (Å²) in [5.74, 6) is -2.17. The van der Waals surface area contributed by atoms with Crippen LogP contribution in [0.3, 0.4) is 0 Å². The molecule has 9 nitrogen and oxygen atoms in total. The van der Waals surface area contributed by atoms with E-state index < -0.39 is 12.1 Å². The summed E-state index contributed by atoms with van der Waals surface area (Å²) in [4.78, 5) is 33.0. The molecule has 192 valence electrons. The molecular weight excluding hydrogens is 477 g/mol. The van der Waals surface area contributed by atoms with Crippen molar-refractivity contribution in [1.29, 1.82) is 0 Å². The zero-order chi connectivity index (χ0) is 26.8. The minimum absolute atomic E-state index is 0.0248. The largest absolute Gasteiger partial charge is 0.490 e. The van der Waals surface area contributed by atoms with Gasteiger partial charge in [0.15, 0.2) is 0 Å². The molecule has 36 heavy (non-hydrogen) atoms. The van der Waals surface area contributed by atoms with Crippen molar-refractivity contribution in [3.05, 3.63) is 64.2 Å². The second-order valence-electron chi connectivity index (χ2n) is 8.49. The number of carboxylic acid groups (broad SMARTS) is 1. The number of halogens is 3. The van der Waals surface area contributed by atoms with Gasteiger partial charge in [-0.1, -0.05) is 18.2 Å². The van der Waals surface area contributed by atoms with Gasteiger partial charge in [-0.3, -0.25) is 4.79 Å². The number of carbonyl (C=O) groups excluding carboxylic acids is 1. The number of amides is 1. The average molecular weight is 505 g/mol. The fourth-order valence-electron chi connectivity index (χ4n) is 4.02. The SMILES string of the molecule is Cc1cc(C)nc(-n2nc(C)c(CC(=O)N3CCC(N)c4ccccc43)c2C)n1.O=C(O)C(F)(F)F. The normalized spacial score (nSPS) is 15.1. The minimum Gasteiger partial charge on any atom is -0.475 e. The van der Waals surface area contributed by atoms with Crippen LogP contribution in [0, 0.1) is 27.7 Å². The van der Waals surface area contributed by atoms with Gasteiger partial charge in [-0.25, -0.2) is 19.4 Å². The van der Waals surface area contributed by atoms with Gasteiger partial charge in [0.1, 0.15) is 0 Å². The van der Waals surface area contributed by atoms with Crippen molar-refractivity contribution in [2.75, 3.05) is 11.4 Å². The Morgan fingerprint density at radius 2 is 1.69 bits per heavy atom. The highest BCUT2D eigenvalue weighted by Gasteiger charge is 2.38. The number of carbonyl (C=O) groups is 2. The third kappa shape index (κ3) is 5.88. The first kappa shape index (κ1) is 26.8. The van der Waals surface area contributed by atoms with Gasteiger partial charge in [0.2, 0.25) is 5.91 Å². The van der Waals surface area contributed by atoms with Gasteiger partial charge in [-0.05, 0) is 51.8 Å². The number of aliphatic carboxylic acids is 1. The van der Waals surface area contributed by atoms with E-state index in [1.54, 1.807) is 4.68 Å². The summed E-state index contributed by atoms with van der Waals surface area (Å²) in [6.45, 7) is 8.39. The van der Waals surface area contributed by atoms with Crippen molar-refractivity contribution in [3.63, 3.8) is 0 Å².